The fourth-order valence-electron chi connectivity index (χ4n) is 2.49. The number of aryl methyl sites for hydroxylation is 2. The molecule has 3 aromatic rings. The smallest absolute Gasteiger partial charge is 0.322 e. The Bertz CT molecular complexity index is 866. The van der Waals surface area contributed by atoms with Crippen LogP contribution in [0.3, 0.4) is 0 Å². The van der Waals surface area contributed by atoms with Gasteiger partial charge in [0.25, 0.3) is 5.91 Å². The van der Waals surface area contributed by atoms with Crippen molar-refractivity contribution in [2.75, 3.05) is 12.4 Å². The number of carbonyl (C=O) groups is 1. The molecule has 0 saturated carbocycles. The Morgan fingerprint density at radius 1 is 1.08 bits per heavy atom. The Kier molecular flexibility index (Phi) is 4.29. The molecule has 0 saturated heterocycles. The number of aromatic nitrogens is 2. The maximum Gasteiger partial charge on any atom is 0.322 e. The highest BCUT2D eigenvalue weighted by Crippen LogP contribution is 2.23. The van der Waals surface area contributed by atoms with Crippen LogP contribution in [0.15, 0.2) is 46.9 Å². The minimum absolute atomic E-state index is 0.0417. The van der Waals surface area contributed by atoms with Crippen LogP contribution in [0.25, 0.3) is 11.5 Å². The fourth-order valence-corrected chi connectivity index (χ4v) is 2.49. The summed E-state index contributed by atoms with van der Waals surface area (Å²) in [5, 5.41) is 10.5. The maximum absolute atomic E-state index is 12.3. The monoisotopic (exact) mass is 323 g/mol. The number of carbonyl (C=O) groups excluding carboxylic acids is 1. The highest BCUT2D eigenvalue weighted by Gasteiger charge is 2.16. The van der Waals surface area contributed by atoms with Crippen LogP contribution in [-0.4, -0.2) is 23.2 Å². The number of nitrogens with one attached hydrogen (secondary N) is 1. The van der Waals surface area contributed by atoms with Crippen molar-refractivity contribution in [2.24, 2.45) is 0 Å². The predicted molar refractivity (Wildman–Crippen MR) is 90.2 cm³/mol. The van der Waals surface area contributed by atoms with Crippen molar-refractivity contribution < 1.29 is 13.9 Å². The minimum Gasteiger partial charge on any atom is -0.496 e. The van der Waals surface area contributed by atoms with E-state index >= 15 is 0 Å². The Labute approximate surface area is 139 Å². The third-order valence-electron chi connectivity index (χ3n) is 3.47. The fraction of sp³-hybridized carbons (Fsp3) is 0.167. The molecule has 1 amide bonds. The van der Waals surface area contributed by atoms with Gasteiger partial charge in [0.05, 0.1) is 12.7 Å². The van der Waals surface area contributed by atoms with E-state index in [0.717, 1.165) is 16.7 Å². The number of amides is 1. The Hall–Kier alpha value is -3.15. The maximum atomic E-state index is 12.3. The van der Waals surface area contributed by atoms with Crippen LogP contribution in [0.1, 0.15) is 21.5 Å². The van der Waals surface area contributed by atoms with Gasteiger partial charge in [0.1, 0.15) is 5.75 Å². The molecule has 0 aliphatic carbocycles. The third kappa shape index (κ3) is 3.27. The standard InChI is InChI=1S/C18H17N3O3/c1-11-8-12(2)10-13(9-11)17-20-21-18(24-17)19-16(22)14-6-4-5-7-15(14)23-3/h4-10H,1-3H3,(H,19,21,22). The van der Waals surface area contributed by atoms with E-state index in [1.807, 2.05) is 26.0 Å². The van der Waals surface area contributed by atoms with Crippen molar-refractivity contribution in [3.8, 4) is 17.2 Å². The second kappa shape index (κ2) is 6.54. The summed E-state index contributed by atoms with van der Waals surface area (Å²) in [6, 6.07) is 12.9. The molecule has 24 heavy (non-hydrogen) atoms. The molecule has 0 aliphatic rings. The lowest BCUT2D eigenvalue weighted by molar-refractivity contribution is 0.102. The van der Waals surface area contributed by atoms with E-state index in [9.17, 15) is 4.79 Å². The van der Waals surface area contributed by atoms with Crippen molar-refractivity contribution in [3.63, 3.8) is 0 Å². The molecule has 0 bridgehead atoms. The van der Waals surface area contributed by atoms with Gasteiger partial charge in [-0.1, -0.05) is 34.4 Å². The largest absolute Gasteiger partial charge is 0.496 e. The average Bonchev–Trinajstić information content (AvgIpc) is 3.02. The Morgan fingerprint density at radius 2 is 1.79 bits per heavy atom. The number of hydrogen-bond donors (Lipinski definition) is 1. The summed E-state index contributed by atoms with van der Waals surface area (Å²) in [5.41, 5.74) is 3.41. The highest BCUT2D eigenvalue weighted by molar-refractivity contribution is 6.05. The van der Waals surface area contributed by atoms with Crippen molar-refractivity contribution >= 4 is 11.9 Å². The number of benzene rings is 2. The van der Waals surface area contributed by atoms with Crippen LogP contribution in [-0.2, 0) is 0 Å². The quantitative estimate of drug-likeness (QED) is 0.793. The van der Waals surface area contributed by atoms with Gasteiger partial charge in [-0.3, -0.25) is 10.1 Å². The number of methoxy groups -OCH3 is 1. The van der Waals surface area contributed by atoms with Gasteiger partial charge in [-0.2, -0.15) is 0 Å². The lowest BCUT2D eigenvalue weighted by Gasteiger charge is -2.06. The van der Waals surface area contributed by atoms with Crippen LogP contribution in [0.4, 0.5) is 6.01 Å². The summed E-state index contributed by atoms with van der Waals surface area (Å²) in [6.45, 7) is 3.99. The summed E-state index contributed by atoms with van der Waals surface area (Å²) >= 11 is 0. The van der Waals surface area contributed by atoms with Gasteiger partial charge in [-0.15, -0.1) is 5.10 Å². The van der Waals surface area contributed by atoms with Crippen LogP contribution in [0, 0.1) is 13.8 Å². The molecule has 1 heterocycles. The van der Waals surface area contributed by atoms with E-state index in [1.54, 1.807) is 24.3 Å². The molecule has 6 nitrogen and oxygen atoms in total. The predicted octanol–water partition coefficient (Wildman–Crippen LogP) is 3.61. The molecular weight excluding hydrogens is 306 g/mol. The zero-order valence-corrected chi connectivity index (χ0v) is 13.7. The van der Waals surface area contributed by atoms with Gasteiger partial charge in [-0.05, 0) is 38.1 Å². The second-order valence-corrected chi connectivity index (χ2v) is 5.44. The molecular formula is C18H17N3O3. The van der Waals surface area contributed by atoms with E-state index in [2.05, 4.69) is 21.6 Å². The third-order valence-corrected chi connectivity index (χ3v) is 3.47. The molecule has 0 spiro atoms. The number of ether oxygens (including phenoxy) is 1. The Morgan fingerprint density at radius 3 is 2.50 bits per heavy atom. The van der Waals surface area contributed by atoms with Crippen LogP contribution in [0.5, 0.6) is 5.75 Å². The first-order chi connectivity index (χ1) is 11.6. The molecule has 0 aliphatic heterocycles. The number of para-hydroxylation sites is 1. The van der Waals surface area contributed by atoms with E-state index < -0.39 is 0 Å². The first-order valence-corrected chi connectivity index (χ1v) is 7.43. The van der Waals surface area contributed by atoms with Crippen LogP contribution >= 0.6 is 0 Å². The molecule has 3 rings (SSSR count). The van der Waals surface area contributed by atoms with E-state index in [1.165, 1.54) is 7.11 Å². The number of hydrogen-bond acceptors (Lipinski definition) is 5. The molecule has 0 radical (unpaired) electrons. The normalized spacial score (nSPS) is 10.5. The summed E-state index contributed by atoms with van der Waals surface area (Å²) in [6.07, 6.45) is 0. The molecule has 1 N–H and O–H groups in total. The SMILES string of the molecule is COc1ccccc1C(=O)Nc1nnc(-c2cc(C)cc(C)c2)o1. The summed E-state index contributed by atoms with van der Waals surface area (Å²) in [5.74, 6) is 0.462. The molecule has 122 valence electrons. The molecule has 1 aromatic heterocycles. The lowest BCUT2D eigenvalue weighted by Crippen LogP contribution is -2.13. The number of rotatable bonds is 4. The topological polar surface area (TPSA) is 77.2 Å². The summed E-state index contributed by atoms with van der Waals surface area (Å²) in [7, 11) is 1.51. The van der Waals surface area contributed by atoms with Crippen molar-refractivity contribution in [1.82, 2.24) is 10.2 Å². The van der Waals surface area contributed by atoms with Gasteiger partial charge in [0.2, 0.25) is 5.89 Å². The highest BCUT2D eigenvalue weighted by atomic mass is 16.5. The Balaban J connectivity index is 1.82. The molecule has 0 fully saturated rings. The second-order valence-electron chi connectivity index (χ2n) is 5.44. The van der Waals surface area contributed by atoms with Gasteiger partial charge < -0.3 is 9.15 Å². The summed E-state index contributed by atoms with van der Waals surface area (Å²) in [4.78, 5) is 12.3. The van der Waals surface area contributed by atoms with Crippen molar-refractivity contribution in [3.05, 3.63) is 59.2 Å². The molecule has 0 unspecified atom stereocenters. The van der Waals surface area contributed by atoms with Gasteiger partial charge >= 0.3 is 6.01 Å². The van der Waals surface area contributed by atoms with Gasteiger partial charge in [0, 0.05) is 5.56 Å². The molecule has 2 aromatic carbocycles. The van der Waals surface area contributed by atoms with E-state index in [0.29, 0.717) is 17.2 Å². The van der Waals surface area contributed by atoms with Crippen molar-refractivity contribution in [2.45, 2.75) is 13.8 Å². The van der Waals surface area contributed by atoms with Gasteiger partial charge in [0.15, 0.2) is 0 Å². The zero-order chi connectivity index (χ0) is 17.1. The van der Waals surface area contributed by atoms with Gasteiger partial charge in [-0.25, -0.2) is 0 Å². The number of nitrogens with zero attached hydrogens (tertiary/aromatic N) is 2. The minimum atomic E-state index is -0.372. The first kappa shape index (κ1) is 15.7. The average molecular weight is 323 g/mol. The lowest BCUT2D eigenvalue weighted by atomic mass is 10.1. The van der Waals surface area contributed by atoms with Crippen molar-refractivity contribution in [1.29, 1.82) is 0 Å². The van der Waals surface area contributed by atoms with E-state index in [-0.39, 0.29) is 11.9 Å². The van der Waals surface area contributed by atoms with Crippen LogP contribution < -0.4 is 10.1 Å². The zero-order valence-electron chi connectivity index (χ0n) is 13.7. The molecule has 6 heteroatoms. The number of anilines is 1. The summed E-state index contributed by atoms with van der Waals surface area (Å²) < 4.78 is 10.7. The first-order valence-electron chi connectivity index (χ1n) is 7.43. The van der Waals surface area contributed by atoms with E-state index in [4.69, 9.17) is 9.15 Å². The molecule has 0 atom stereocenters. The van der Waals surface area contributed by atoms with Crippen LogP contribution in [0.2, 0.25) is 0 Å².